The van der Waals surface area contributed by atoms with Gasteiger partial charge in [0, 0.05) is 29.0 Å². The molecule has 0 saturated carbocycles. The van der Waals surface area contributed by atoms with E-state index >= 15 is 0 Å². The molecule has 0 spiro atoms. The Hall–Kier alpha value is -4.38. The minimum atomic E-state index is -4.19. The zero-order valence-electron chi connectivity index (χ0n) is 18.6. The van der Waals surface area contributed by atoms with E-state index in [0.717, 1.165) is 6.07 Å². The zero-order chi connectivity index (χ0) is 25.3. The van der Waals surface area contributed by atoms with Crippen molar-refractivity contribution in [2.45, 2.75) is 18.7 Å². The van der Waals surface area contributed by atoms with Crippen molar-refractivity contribution in [2.75, 3.05) is 0 Å². The third-order valence-electron chi connectivity index (χ3n) is 5.51. The van der Waals surface area contributed by atoms with E-state index in [9.17, 15) is 27.7 Å². The maximum Gasteiger partial charge on any atom is 0.276 e. The molecule has 4 rings (SSSR count). The Bertz CT molecular complexity index is 1610. The number of aromatic nitrogens is 1. The lowest BCUT2D eigenvalue weighted by atomic mass is 10.0. The number of carbonyl (C=O) groups excluding carboxylic acids is 1. The van der Waals surface area contributed by atoms with Gasteiger partial charge in [-0.25, -0.2) is 9.22 Å². The van der Waals surface area contributed by atoms with E-state index in [1.165, 1.54) is 49.5 Å². The molecule has 9 nitrogen and oxygen atoms in total. The quantitative estimate of drug-likeness (QED) is 0.179. The summed E-state index contributed by atoms with van der Waals surface area (Å²) in [5, 5.41) is 15.0. The van der Waals surface area contributed by atoms with Gasteiger partial charge < -0.3 is 4.40 Å². The zero-order valence-corrected chi connectivity index (χ0v) is 19.4. The number of nitro benzene ring substituents is 1. The summed E-state index contributed by atoms with van der Waals surface area (Å²) in [6.45, 7) is 3.20. The summed E-state index contributed by atoms with van der Waals surface area (Å²) in [7, 11) is -4.19. The number of halogens is 1. The molecule has 0 saturated heterocycles. The van der Waals surface area contributed by atoms with Crippen molar-refractivity contribution in [3.63, 3.8) is 0 Å². The van der Waals surface area contributed by atoms with Crippen LogP contribution >= 0.6 is 0 Å². The molecule has 11 heteroatoms. The van der Waals surface area contributed by atoms with Gasteiger partial charge in [-0.05, 0) is 61.9 Å². The molecule has 2 aromatic carbocycles. The van der Waals surface area contributed by atoms with E-state index in [4.69, 9.17) is 0 Å². The van der Waals surface area contributed by atoms with Crippen LogP contribution in [0, 0.1) is 29.8 Å². The Labute approximate surface area is 199 Å². The summed E-state index contributed by atoms with van der Waals surface area (Å²) in [5.74, 6) is -0.798. The van der Waals surface area contributed by atoms with Crippen LogP contribution in [0.2, 0.25) is 0 Å². The first kappa shape index (κ1) is 23.8. The van der Waals surface area contributed by atoms with E-state index in [1.54, 1.807) is 35.7 Å². The number of sulfonamides is 1. The second-order valence-electron chi connectivity index (χ2n) is 7.74. The van der Waals surface area contributed by atoms with Crippen LogP contribution in [0.1, 0.15) is 32.7 Å². The predicted molar refractivity (Wildman–Crippen MR) is 128 cm³/mol. The molecule has 35 heavy (non-hydrogen) atoms. The fourth-order valence-corrected chi connectivity index (χ4v) is 4.52. The van der Waals surface area contributed by atoms with Crippen molar-refractivity contribution in [3.8, 4) is 0 Å². The lowest BCUT2D eigenvalue weighted by Gasteiger charge is -2.04. The number of carbonyl (C=O) groups is 1. The largest absolute Gasteiger partial charge is 0.313 e. The molecule has 0 aliphatic carbocycles. The van der Waals surface area contributed by atoms with E-state index in [2.05, 4.69) is 9.93 Å². The van der Waals surface area contributed by atoms with Crippen molar-refractivity contribution in [2.24, 2.45) is 5.10 Å². The molecular formula is C24H19FN4O5S. The first-order chi connectivity index (χ1) is 16.6. The van der Waals surface area contributed by atoms with Gasteiger partial charge in [0.05, 0.1) is 27.2 Å². The van der Waals surface area contributed by atoms with Crippen LogP contribution in [-0.4, -0.2) is 29.7 Å². The van der Waals surface area contributed by atoms with E-state index in [0.29, 0.717) is 33.5 Å². The molecule has 0 aliphatic rings. The number of hydrazone groups is 1. The lowest BCUT2D eigenvalue weighted by Crippen LogP contribution is -2.18. The van der Waals surface area contributed by atoms with Crippen LogP contribution in [0.3, 0.4) is 0 Å². The number of nitrogens with zero attached hydrogens (tertiary/aromatic N) is 3. The van der Waals surface area contributed by atoms with E-state index < -0.39 is 20.8 Å². The maximum atomic E-state index is 13.3. The number of nitro groups is 1. The van der Waals surface area contributed by atoms with Crippen molar-refractivity contribution in [1.82, 2.24) is 9.23 Å². The minimum Gasteiger partial charge on any atom is -0.313 e. The van der Waals surface area contributed by atoms with Crippen molar-refractivity contribution < 1.29 is 22.5 Å². The molecule has 0 fully saturated rings. The third-order valence-corrected chi connectivity index (χ3v) is 6.73. The Morgan fingerprint density at radius 1 is 1.11 bits per heavy atom. The first-order valence-electron chi connectivity index (χ1n) is 10.3. The smallest absolute Gasteiger partial charge is 0.276 e. The van der Waals surface area contributed by atoms with Crippen LogP contribution in [0.15, 0.2) is 76.9 Å². The number of rotatable bonds is 7. The van der Waals surface area contributed by atoms with Crippen LogP contribution in [0.4, 0.5) is 10.1 Å². The van der Waals surface area contributed by atoms with Crippen LogP contribution in [-0.2, 0) is 10.0 Å². The third kappa shape index (κ3) is 4.53. The first-order valence-corrected chi connectivity index (χ1v) is 11.8. The van der Waals surface area contributed by atoms with Gasteiger partial charge in [0.15, 0.2) is 0 Å². The number of aryl methyl sites for hydroxylation is 1. The van der Waals surface area contributed by atoms with Gasteiger partial charge in [0.2, 0.25) is 5.78 Å². The highest BCUT2D eigenvalue weighted by Crippen LogP contribution is 2.25. The highest BCUT2D eigenvalue weighted by Gasteiger charge is 2.22. The molecular weight excluding hydrogens is 475 g/mol. The Morgan fingerprint density at radius 3 is 2.51 bits per heavy atom. The van der Waals surface area contributed by atoms with Gasteiger partial charge in [-0.1, -0.05) is 12.1 Å². The summed E-state index contributed by atoms with van der Waals surface area (Å²) in [6.07, 6.45) is 2.96. The average Bonchev–Trinajstić information content (AvgIpc) is 3.10. The minimum absolute atomic E-state index is 0.294. The monoisotopic (exact) mass is 494 g/mol. The van der Waals surface area contributed by atoms with Gasteiger partial charge in [-0.3, -0.25) is 14.9 Å². The molecule has 0 radical (unpaired) electrons. The maximum absolute atomic E-state index is 13.3. The van der Waals surface area contributed by atoms with E-state index in [1.807, 2.05) is 0 Å². The summed E-state index contributed by atoms with van der Waals surface area (Å²) < 4.78 is 40.2. The molecule has 178 valence electrons. The Morgan fingerprint density at radius 2 is 1.83 bits per heavy atom. The van der Waals surface area contributed by atoms with Crippen molar-refractivity contribution in [1.29, 1.82) is 0 Å². The lowest BCUT2D eigenvalue weighted by molar-refractivity contribution is -0.385. The second kappa shape index (κ2) is 9.11. The van der Waals surface area contributed by atoms with Gasteiger partial charge in [0.25, 0.3) is 15.7 Å². The number of hydrogen-bond donors (Lipinski definition) is 1. The summed E-state index contributed by atoms with van der Waals surface area (Å²) >= 11 is 0. The number of hydrogen-bond acceptors (Lipinski definition) is 6. The van der Waals surface area contributed by atoms with Crippen LogP contribution in [0.25, 0.3) is 5.52 Å². The molecule has 0 amide bonds. The number of nitrogens with one attached hydrogen (secondary N) is 1. The molecule has 0 bridgehead atoms. The predicted octanol–water partition coefficient (Wildman–Crippen LogP) is 4.15. The van der Waals surface area contributed by atoms with E-state index in [-0.39, 0.29) is 16.4 Å². The number of ketones is 1. The van der Waals surface area contributed by atoms with Gasteiger partial charge >= 0.3 is 0 Å². The fourth-order valence-electron chi connectivity index (χ4n) is 3.70. The molecule has 0 unspecified atom stereocenters. The standard InChI is InChI=1S/C24H19FN4O5S/c1-15-6-11-19(13-22(15)29(31)32)35(33,34)27-26-14-20-16(2)23(28-12-4-3-5-21(20)28)24(30)17-7-9-18(25)10-8-17/h3-14,27H,1-2H3/b26-14-. The summed E-state index contributed by atoms with van der Waals surface area (Å²) in [5.41, 5.74) is 2.26. The normalized spacial score (nSPS) is 11.7. The molecule has 1 N–H and O–H groups in total. The van der Waals surface area contributed by atoms with Crippen molar-refractivity contribution in [3.05, 3.63) is 111 Å². The molecule has 2 aromatic heterocycles. The topological polar surface area (TPSA) is 123 Å². The summed E-state index contributed by atoms with van der Waals surface area (Å²) in [6, 6.07) is 14.0. The molecule has 2 heterocycles. The number of benzene rings is 2. The van der Waals surface area contributed by atoms with Crippen molar-refractivity contribution >= 4 is 33.2 Å². The highest BCUT2D eigenvalue weighted by atomic mass is 32.2. The Kier molecular flexibility index (Phi) is 6.18. The second-order valence-corrected chi connectivity index (χ2v) is 9.40. The molecule has 0 aliphatic heterocycles. The Balaban J connectivity index is 1.70. The highest BCUT2D eigenvalue weighted by molar-refractivity contribution is 7.89. The SMILES string of the molecule is Cc1ccc(S(=O)(=O)N/N=C\c2c(C)c(C(=O)c3ccc(F)cc3)n3ccccc23)cc1[N+](=O)[O-]. The number of fused-ring (bicyclic) bond motifs is 1. The van der Waals surface area contributed by atoms with Crippen LogP contribution < -0.4 is 4.83 Å². The van der Waals surface area contributed by atoms with Gasteiger partial charge in [0.1, 0.15) is 5.82 Å². The summed E-state index contributed by atoms with van der Waals surface area (Å²) in [4.78, 5) is 25.4. The molecule has 0 atom stereocenters. The van der Waals surface area contributed by atoms with Crippen LogP contribution in [0.5, 0.6) is 0 Å². The van der Waals surface area contributed by atoms with Gasteiger partial charge in [-0.15, -0.1) is 0 Å². The average molecular weight is 495 g/mol. The number of pyridine rings is 1. The molecule has 4 aromatic rings. The van der Waals surface area contributed by atoms with Gasteiger partial charge in [-0.2, -0.15) is 13.5 Å². The fraction of sp³-hybridized carbons (Fsp3) is 0.0833.